The third-order valence-corrected chi connectivity index (χ3v) is 4.28. The van der Waals surface area contributed by atoms with Crippen molar-refractivity contribution in [2.45, 2.75) is 32.9 Å². The lowest BCUT2D eigenvalue weighted by molar-refractivity contribution is -0.121. The highest BCUT2D eigenvalue weighted by atomic mass is 35.5. The first kappa shape index (κ1) is 16.5. The van der Waals surface area contributed by atoms with Gasteiger partial charge in [0, 0.05) is 18.0 Å². The van der Waals surface area contributed by atoms with E-state index >= 15 is 0 Å². The molecule has 0 radical (unpaired) electrons. The molecule has 1 atom stereocenters. The van der Waals surface area contributed by atoms with Gasteiger partial charge in [-0.1, -0.05) is 42.8 Å². The van der Waals surface area contributed by atoms with Crippen LogP contribution in [0, 0.1) is 0 Å². The van der Waals surface area contributed by atoms with Gasteiger partial charge in [-0.15, -0.1) is 0 Å². The number of imidazole rings is 1. The maximum Gasteiger partial charge on any atom is 0.220 e. The lowest BCUT2D eigenvalue weighted by Gasteiger charge is -2.16. The number of carbonyl (C=O) groups is 1. The van der Waals surface area contributed by atoms with Crippen LogP contribution in [0.3, 0.4) is 0 Å². The second-order valence-electron chi connectivity index (χ2n) is 5.81. The van der Waals surface area contributed by atoms with E-state index in [4.69, 9.17) is 16.6 Å². The first-order valence-corrected chi connectivity index (χ1v) is 8.45. The molecule has 124 valence electrons. The van der Waals surface area contributed by atoms with Crippen molar-refractivity contribution in [1.82, 2.24) is 14.9 Å². The van der Waals surface area contributed by atoms with Crippen LogP contribution in [0.15, 0.2) is 48.5 Å². The van der Waals surface area contributed by atoms with Crippen molar-refractivity contribution < 1.29 is 4.79 Å². The summed E-state index contributed by atoms with van der Waals surface area (Å²) >= 11 is 5.98. The number of halogens is 1. The Labute approximate surface area is 146 Å². The molecule has 1 unspecified atom stereocenters. The molecule has 0 aliphatic heterocycles. The van der Waals surface area contributed by atoms with Gasteiger partial charge < -0.3 is 9.88 Å². The summed E-state index contributed by atoms with van der Waals surface area (Å²) in [7, 11) is 0. The average molecular weight is 342 g/mol. The molecule has 3 aromatic rings. The van der Waals surface area contributed by atoms with E-state index in [2.05, 4.69) is 16.0 Å². The molecule has 1 N–H and O–H groups in total. The Hall–Kier alpha value is -2.33. The number of carbonyl (C=O) groups excluding carboxylic acids is 1. The van der Waals surface area contributed by atoms with Gasteiger partial charge in [-0.3, -0.25) is 4.79 Å². The van der Waals surface area contributed by atoms with Gasteiger partial charge in [-0.05, 0) is 36.8 Å². The molecule has 1 aromatic heterocycles. The minimum Gasteiger partial charge on any atom is -0.346 e. The van der Waals surface area contributed by atoms with Crippen LogP contribution in [0.1, 0.15) is 37.7 Å². The summed E-state index contributed by atoms with van der Waals surface area (Å²) in [6, 6.07) is 15.7. The highest BCUT2D eigenvalue weighted by molar-refractivity contribution is 6.30. The van der Waals surface area contributed by atoms with Gasteiger partial charge in [0.05, 0.1) is 17.1 Å². The summed E-state index contributed by atoms with van der Waals surface area (Å²) in [6.45, 7) is 4.49. The van der Waals surface area contributed by atoms with Crippen LogP contribution < -0.4 is 5.32 Å². The van der Waals surface area contributed by atoms with E-state index in [0.717, 1.165) is 27.4 Å². The number of rotatable bonds is 5. The van der Waals surface area contributed by atoms with Crippen molar-refractivity contribution in [2.24, 2.45) is 0 Å². The van der Waals surface area contributed by atoms with Crippen LogP contribution >= 0.6 is 11.6 Å². The standard InChI is InChI=1S/C19H20ClN3O/c1-3-18(24)21-13(2)19-22-16-6-4-5-7-17(16)23(19)12-14-8-10-15(20)11-9-14/h4-11,13H,3,12H2,1-2H3,(H,21,24). The zero-order valence-corrected chi connectivity index (χ0v) is 14.5. The molecule has 0 aliphatic carbocycles. The second kappa shape index (κ2) is 7.05. The van der Waals surface area contributed by atoms with Gasteiger partial charge in [0.1, 0.15) is 5.82 Å². The lowest BCUT2D eigenvalue weighted by Crippen LogP contribution is -2.28. The van der Waals surface area contributed by atoms with Crippen LogP contribution in [-0.2, 0) is 11.3 Å². The maximum atomic E-state index is 11.8. The van der Waals surface area contributed by atoms with Crippen molar-refractivity contribution in [3.63, 3.8) is 0 Å². The number of nitrogens with one attached hydrogen (secondary N) is 1. The molecule has 0 saturated carbocycles. The Morgan fingerprint density at radius 3 is 2.62 bits per heavy atom. The predicted molar refractivity (Wildman–Crippen MR) is 97.1 cm³/mol. The Kier molecular flexibility index (Phi) is 4.86. The topological polar surface area (TPSA) is 46.9 Å². The van der Waals surface area contributed by atoms with Gasteiger partial charge in [-0.2, -0.15) is 0 Å². The van der Waals surface area contributed by atoms with Gasteiger partial charge in [-0.25, -0.2) is 4.98 Å². The fourth-order valence-electron chi connectivity index (χ4n) is 2.77. The first-order chi connectivity index (χ1) is 11.6. The zero-order valence-electron chi connectivity index (χ0n) is 13.8. The number of nitrogens with zero attached hydrogens (tertiary/aromatic N) is 2. The minimum atomic E-state index is -0.155. The van der Waals surface area contributed by atoms with Gasteiger partial charge in [0.15, 0.2) is 0 Å². The van der Waals surface area contributed by atoms with E-state index in [-0.39, 0.29) is 11.9 Å². The molecule has 2 aromatic carbocycles. The smallest absolute Gasteiger partial charge is 0.220 e. The molecule has 24 heavy (non-hydrogen) atoms. The molecule has 0 aliphatic rings. The summed E-state index contributed by atoms with van der Waals surface area (Å²) in [4.78, 5) is 16.5. The van der Waals surface area contributed by atoms with E-state index in [1.807, 2.05) is 56.3 Å². The molecular formula is C19H20ClN3O. The second-order valence-corrected chi connectivity index (χ2v) is 6.25. The quantitative estimate of drug-likeness (QED) is 0.751. The lowest BCUT2D eigenvalue weighted by atomic mass is 10.2. The van der Waals surface area contributed by atoms with Crippen LogP contribution in [0.4, 0.5) is 0 Å². The third-order valence-electron chi connectivity index (χ3n) is 4.02. The van der Waals surface area contributed by atoms with Crippen molar-refractivity contribution >= 4 is 28.5 Å². The van der Waals surface area contributed by atoms with Crippen molar-refractivity contribution in [3.05, 3.63) is 64.9 Å². The van der Waals surface area contributed by atoms with Gasteiger partial charge in [0.25, 0.3) is 0 Å². The molecule has 0 bridgehead atoms. The predicted octanol–water partition coefficient (Wildman–Crippen LogP) is 4.33. The normalized spacial score (nSPS) is 12.3. The molecule has 3 rings (SSSR count). The summed E-state index contributed by atoms with van der Waals surface area (Å²) < 4.78 is 2.15. The van der Waals surface area contributed by atoms with Crippen LogP contribution in [-0.4, -0.2) is 15.5 Å². The first-order valence-electron chi connectivity index (χ1n) is 8.07. The Balaban J connectivity index is 2.01. The van der Waals surface area contributed by atoms with Crippen LogP contribution in [0.25, 0.3) is 11.0 Å². The summed E-state index contributed by atoms with van der Waals surface area (Å²) in [5.41, 5.74) is 3.12. The summed E-state index contributed by atoms with van der Waals surface area (Å²) in [5.74, 6) is 0.876. The number of hydrogen-bond donors (Lipinski definition) is 1. The van der Waals surface area contributed by atoms with Crippen molar-refractivity contribution in [2.75, 3.05) is 0 Å². The number of benzene rings is 2. The van der Waals surface area contributed by atoms with E-state index in [1.165, 1.54) is 0 Å². The largest absolute Gasteiger partial charge is 0.346 e. The Morgan fingerprint density at radius 1 is 1.21 bits per heavy atom. The maximum absolute atomic E-state index is 11.8. The van der Waals surface area contributed by atoms with Crippen molar-refractivity contribution in [3.8, 4) is 0 Å². The van der Waals surface area contributed by atoms with E-state index in [0.29, 0.717) is 13.0 Å². The van der Waals surface area contributed by atoms with E-state index in [1.54, 1.807) is 0 Å². The molecule has 1 heterocycles. The van der Waals surface area contributed by atoms with Crippen LogP contribution in [0.5, 0.6) is 0 Å². The fraction of sp³-hybridized carbons (Fsp3) is 0.263. The molecular weight excluding hydrogens is 322 g/mol. The average Bonchev–Trinajstić information content (AvgIpc) is 2.95. The van der Waals surface area contributed by atoms with E-state index in [9.17, 15) is 4.79 Å². The third kappa shape index (κ3) is 3.44. The number of hydrogen-bond acceptors (Lipinski definition) is 2. The molecule has 0 fully saturated rings. The molecule has 1 amide bonds. The highest BCUT2D eigenvalue weighted by Crippen LogP contribution is 2.23. The molecule has 0 saturated heterocycles. The number of amides is 1. The van der Waals surface area contributed by atoms with Crippen LogP contribution in [0.2, 0.25) is 5.02 Å². The Morgan fingerprint density at radius 2 is 1.92 bits per heavy atom. The molecule has 4 nitrogen and oxygen atoms in total. The number of fused-ring (bicyclic) bond motifs is 1. The summed E-state index contributed by atoms with van der Waals surface area (Å²) in [5, 5.41) is 3.72. The van der Waals surface area contributed by atoms with E-state index < -0.39 is 0 Å². The molecule has 5 heteroatoms. The van der Waals surface area contributed by atoms with Crippen molar-refractivity contribution in [1.29, 1.82) is 0 Å². The fourth-order valence-corrected chi connectivity index (χ4v) is 2.90. The highest BCUT2D eigenvalue weighted by Gasteiger charge is 2.18. The minimum absolute atomic E-state index is 0.0209. The monoisotopic (exact) mass is 341 g/mol. The number of aromatic nitrogens is 2. The van der Waals surface area contributed by atoms with Gasteiger partial charge in [0.2, 0.25) is 5.91 Å². The SMILES string of the molecule is CCC(=O)NC(C)c1nc2ccccc2n1Cc1ccc(Cl)cc1. The molecule has 0 spiro atoms. The Bertz CT molecular complexity index is 855. The zero-order chi connectivity index (χ0) is 17.1. The number of para-hydroxylation sites is 2. The summed E-state index contributed by atoms with van der Waals surface area (Å²) in [6.07, 6.45) is 0.460. The van der Waals surface area contributed by atoms with Gasteiger partial charge >= 0.3 is 0 Å².